The first-order chi connectivity index (χ1) is 14.3. The average molecular weight is 449 g/mol. The van der Waals surface area contributed by atoms with Crippen LogP contribution < -0.4 is 5.32 Å². The fourth-order valence-corrected chi connectivity index (χ4v) is 3.58. The fraction of sp³-hybridized carbons (Fsp3) is 0.417. The fourth-order valence-electron chi connectivity index (χ4n) is 3.26. The van der Waals surface area contributed by atoms with Gasteiger partial charge in [-0.1, -0.05) is 73.4 Å². The number of amides is 2. The summed E-state index contributed by atoms with van der Waals surface area (Å²) in [5, 5.41) is 3.89. The average Bonchev–Trinajstić information content (AvgIpc) is 2.74. The number of carbonyl (C=O) groups is 2. The summed E-state index contributed by atoms with van der Waals surface area (Å²) in [6.45, 7) is 6.39. The number of rotatable bonds is 10. The van der Waals surface area contributed by atoms with Gasteiger partial charge in [0.05, 0.1) is 16.5 Å². The zero-order valence-corrected chi connectivity index (χ0v) is 19.3. The van der Waals surface area contributed by atoms with Crippen LogP contribution in [0.3, 0.4) is 0 Å². The van der Waals surface area contributed by atoms with Crippen LogP contribution in [-0.2, 0) is 22.4 Å². The minimum absolute atomic E-state index is 0.0627. The molecule has 2 aromatic carbocycles. The highest BCUT2D eigenvalue weighted by Gasteiger charge is 2.28. The van der Waals surface area contributed by atoms with E-state index in [0.717, 1.165) is 17.5 Å². The minimum atomic E-state index is -0.516. The van der Waals surface area contributed by atoms with Crippen LogP contribution in [0.4, 0.5) is 0 Å². The summed E-state index contributed by atoms with van der Waals surface area (Å²) in [7, 11) is 0. The standard InChI is InChI=1S/C24H30Cl2N2O2/c1-4-17(3)27-24(30)22(5-2)28(14-13-18-9-7-6-8-10-18)23(29)16-19-11-12-20(25)21(26)15-19/h6-12,15,17,22H,4-5,13-14,16H2,1-3H3,(H,27,30)/t17-,22+/m0/s1. The molecule has 0 unspecified atom stereocenters. The number of hydrogen-bond acceptors (Lipinski definition) is 2. The molecule has 0 aromatic heterocycles. The normalized spacial score (nSPS) is 12.8. The Balaban J connectivity index is 2.22. The zero-order chi connectivity index (χ0) is 22.1. The van der Waals surface area contributed by atoms with Gasteiger partial charge in [-0.2, -0.15) is 0 Å². The Hall–Kier alpha value is -2.04. The molecule has 0 heterocycles. The second-order valence-corrected chi connectivity index (χ2v) is 8.30. The molecular formula is C24H30Cl2N2O2. The molecule has 30 heavy (non-hydrogen) atoms. The number of benzene rings is 2. The van der Waals surface area contributed by atoms with Gasteiger partial charge in [0.25, 0.3) is 0 Å². The van der Waals surface area contributed by atoms with Gasteiger partial charge in [0.15, 0.2) is 0 Å². The Bertz CT molecular complexity index is 842. The van der Waals surface area contributed by atoms with Gasteiger partial charge < -0.3 is 10.2 Å². The SMILES string of the molecule is CC[C@H](C(=O)N[C@@H](C)CC)N(CCc1ccccc1)C(=O)Cc1ccc(Cl)c(Cl)c1. The van der Waals surface area contributed by atoms with Crippen molar-refractivity contribution in [1.29, 1.82) is 0 Å². The molecule has 2 atom stereocenters. The maximum atomic E-state index is 13.3. The second kappa shape index (κ2) is 12.0. The van der Waals surface area contributed by atoms with Gasteiger partial charge in [-0.05, 0) is 49.4 Å². The minimum Gasteiger partial charge on any atom is -0.352 e. The van der Waals surface area contributed by atoms with Crippen molar-refractivity contribution >= 4 is 35.0 Å². The van der Waals surface area contributed by atoms with Crippen molar-refractivity contribution in [2.24, 2.45) is 0 Å². The van der Waals surface area contributed by atoms with Crippen molar-refractivity contribution in [2.75, 3.05) is 6.54 Å². The third-order valence-electron chi connectivity index (χ3n) is 5.21. The quantitative estimate of drug-likeness (QED) is 0.535. The number of nitrogens with zero attached hydrogens (tertiary/aromatic N) is 1. The maximum Gasteiger partial charge on any atom is 0.243 e. The number of nitrogens with one attached hydrogen (secondary N) is 1. The summed E-state index contributed by atoms with van der Waals surface area (Å²) in [5.41, 5.74) is 1.90. The molecule has 2 aromatic rings. The Morgan fingerprint density at radius 1 is 0.967 bits per heavy atom. The van der Waals surface area contributed by atoms with Gasteiger partial charge >= 0.3 is 0 Å². The highest BCUT2D eigenvalue weighted by molar-refractivity contribution is 6.42. The zero-order valence-electron chi connectivity index (χ0n) is 17.8. The van der Waals surface area contributed by atoms with Gasteiger partial charge in [0, 0.05) is 12.6 Å². The largest absolute Gasteiger partial charge is 0.352 e. The summed E-state index contributed by atoms with van der Waals surface area (Å²) < 4.78 is 0. The first kappa shape index (κ1) is 24.2. The summed E-state index contributed by atoms with van der Waals surface area (Å²) in [5.74, 6) is -0.210. The van der Waals surface area contributed by atoms with Crippen LogP contribution >= 0.6 is 23.2 Å². The van der Waals surface area contributed by atoms with Crippen molar-refractivity contribution in [3.8, 4) is 0 Å². The van der Waals surface area contributed by atoms with E-state index in [1.165, 1.54) is 0 Å². The lowest BCUT2D eigenvalue weighted by atomic mass is 10.1. The lowest BCUT2D eigenvalue weighted by Crippen LogP contribution is -2.52. The molecule has 6 heteroatoms. The van der Waals surface area contributed by atoms with Gasteiger partial charge in [0.2, 0.25) is 11.8 Å². The molecule has 162 valence electrons. The molecule has 0 fully saturated rings. The summed E-state index contributed by atoms with van der Waals surface area (Å²) in [4.78, 5) is 27.9. The molecule has 2 rings (SSSR count). The van der Waals surface area contributed by atoms with Crippen molar-refractivity contribution in [3.63, 3.8) is 0 Å². The Morgan fingerprint density at radius 3 is 2.27 bits per heavy atom. The lowest BCUT2D eigenvalue weighted by molar-refractivity contribution is -0.140. The number of halogens is 2. The van der Waals surface area contributed by atoms with Crippen LogP contribution in [0.2, 0.25) is 10.0 Å². The summed E-state index contributed by atoms with van der Waals surface area (Å²) in [6, 6.07) is 14.7. The highest BCUT2D eigenvalue weighted by Crippen LogP contribution is 2.23. The molecule has 0 saturated heterocycles. The van der Waals surface area contributed by atoms with Gasteiger partial charge in [-0.15, -0.1) is 0 Å². The molecule has 0 aliphatic rings. The van der Waals surface area contributed by atoms with E-state index in [4.69, 9.17) is 23.2 Å². The van der Waals surface area contributed by atoms with Crippen LogP contribution in [0.25, 0.3) is 0 Å². The number of carbonyl (C=O) groups excluding carboxylic acids is 2. The van der Waals surface area contributed by atoms with Crippen LogP contribution in [0, 0.1) is 0 Å². The molecule has 0 saturated carbocycles. The molecular weight excluding hydrogens is 419 g/mol. The van der Waals surface area contributed by atoms with Crippen LogP contribution in [-0.4, -0.2) is 35.3 Å². The Labute approximate surface area is 189 Å². The van der Waals surface area contributed by atoms with E-state index in [2.05, 4.69) is 5.32 Å². The summed E-state index contributed by atoms with van der Waals surface area (Å²) >= 11 is 12.1. The monoisotopic (exact) mass is 448 g/mol. The van der Waals surface area contributed by atoms with Gasteiger partial charge in [-0.25, -0.2) is 0 Å². The first-order valence-corrected chi connectivity index (χ1v) is 11.2. The molecule has 0 aliphatic heterocycles. The topological polar surface area (TPSA) is 49.4 Å². The lowest BCUT2D eigenvalue weighted by Gasteiger charge is -2.31. The molecule has 4 nitrogen and oxygen atoms in total. The van der Waals surface area contributed by atoms with Crippen LogP contribution in [0.5, 0.6) is 0 Å². The molecule has 0 radical (unpaired) electrons. The Morgan fingerprint density at radius 2 is 1.67 bits per heavy atom. The van der Waals surface area contributed by atoms with Crippen molar-refractivity contribution in [2.45, 2.75) is 58.5 Å². The van der Waals surface area contributed by atoms with Crippen LogP contribution in [0.15, 0.2) is 48.5 Å². The first-order valence-electron chi connectivity index (χ1n) is 10.4. The molecule has 2 amide bonds. The van der Waals surface area contributed by atoms with Crippen molar-refractivity contribution in [1.82, 2.24) is 10.2 Å². The van der Waals surface area contributed by atoms with E-state index in [9.17, 15) is 9.59 Å². The van der Waals surface area contributed by atoms with E-state index >= 15 is 0 Å². The van der Waals surface area contributed by atoms with Gasteiger partial charge in [0.1, 0.15) is 6.04 Å². The smallest absolute Gasteiger partial charge is 0.243 e. The predicted octanol–water partition coefficient (Wildman–Crippen LogP) is 5.30. The second-order valence-electron chi connectivity index (χ2n) is 7.49. The predicted molar refractivity (Wildman–Crippen MR) is 124 cm³/mol. The van der Waals surface area contributed by atoms with E-state index in [1.54, 1.807) is 23.1 Å². The van der Waals surface area contributed by atoms with E-state index in [0.29, 0.717) is 29.4 Å². The third kappa shape index (κ3) is 7.03. The van der Waals surface area contributed by atoms with E-state index < -0.39 is 6.04 Å². The molecule has 1 N–H and O–H groups in total. The molecule has 0 bridgehead atoms. The third-order valence-corrected chi connectivity index (χ3v) is 5.95. The molecule has 0 spiro atoms. The van der Waals surface area contributed by atoms with Gasteiger partial charge in [-0.3, -0.25) is 9.59 Å². The maximum absolute atomic E-state index is 13.3. The molecule has 0 aliphatic carbocycles. The van der Waals surface area contributed by atoms with Crippen molar-refractivity contribution < 1.29 is 9.59 Å². The highest BCUT2D eigenvalue weighted by atomic mass is 35.5. The van der Waals surface area contributed by atoms with E-state index in [-0.39, 0.29) is 24.3 Å². The summed E-state index contributed by atoms with van der Waals surface area (Å²) in [6.07, 6.45) is 2.23. The number of hydrogen-bond donors (Lipinski definition) is 1. The van der Waals surface area contributed by atoms with Crippen molar-refractivity contribution in [3.05, 3.63) is 69.7 Å². The van der Waals surface area contributed by atoms with Crippen LogP contribution in [0.1, 0.15) is 44.7 Å². The Kier molecular flexibility index (Phi) is 9.67. The van der Waals surface area contributed by atoms with E-state index in [1.807, 2.05) is 51.1 Å².